The van der Waals surface area contributed by atoms with Gasteiger partial charge in [0.05, 0.1) is 0 Å². The van der Waals surface area contributed by atoms with E-state index >= 15 is 0 Å². The highest BCUT2D eigenvalue weighted by molar-refractivity contribution is 5.88. The number of aliphatic imine (C=N–C) groups is 2. The summed E-state index contributed by atoms with van der Waals surface area (Å²) in [6.45, 7) is 5.73. The summed E-state index contributed by atoms with van der Waals surface area (Å²) in [6, 6.07) is 0. The summed E-state index contributed by atoms with van der Waals surface area (Å²) in [6.07, 6.45) is 0.833. The average Bonchev–Trinajstić information content (AvgIpc) is 2.39. The number of nitrogens with zero attached hydrogens (tertiary/aromatic N) is 6. The number of hydrogen-bond acceptors (Lipinski definition) is 7. The Kier molecular flexibility index (Phi) is 5.65. The van der Waals surface area contributed by atoms with E-state index in [1.165, 1.54) is 0 Å². The van der Waals surface area contributed by atoms with Crippen molar-refractivity contribution in [2.45, 2.75) is 0 Å². The van der Waals surface area contributed by atoms with Gasteiger partial charge in [-0.3, -0.25) is 0 Å². The van der Waals surface area contributed by atoms with Gasteiger partial charge >= 0.3 is 5.97 Å². The molecule has 0 aromatic carbocycles. The predicted octanol–water partition coefficient (Wildman–Crippen LogP) is 0.298. The van der Waals surface area contributed by atoms with Gasteiger partial charge in [0.2, 0.25) is 0 Å². The fraction of sp³-hybridized carbons (Fsp3) is 0.545. The first-order valence-corrected chi connectivity index (χ1v) is 5.72. The Labute approximate surface area is 111 Å². The smallest absolute Gasteiger partial charge is 0.327 e. The van der Waals surface area contributed by atoms with Gasteiger partial charge in [0, 0.05) is 20.2 Å². The lowest BCUT2D eigenvalue weighted by Gasteiger charge is -2.27. The zero-order valence-corrected chi connectivity index (χ0v) is 11.2. The molecule has 1 N–H and O–H groups in total. The van der Waals surface area contributed by atoms with Gasteiger partial charge in [-0.1, -0.05) is 6.58 Å². The molecule has 0 fully saturated rings. The number of carbonyl (C=O) groups is 1. The van der Waals surface area contributed by atoms with E-state index in [1.54, 1.807) is 0 Å². The number of aliphatic carboxylic acids is 1. The molecule has 0 amide bonds. The van der Waals surface area contributed by atoms with Crippen molar-refractivity contribution in [3.05, 3.63) is 12.7 Å². The number of rotatable bonds is 5. The van der Waals surface area contributed by atoms with E-state index in [1.807, 2.05) is 14.1 Å². The van der Waals surface area contributed by atoms with Gasteiger partial charge in [-0.05, 0) is 0 Å². The second-order valence-corrected chi connectivity index (χ2v) is 3.97. The predicted molar refractivity (Wildman–Crippen MR) is 72.6 cm³/mol. The minimum absolute atomic E-state index is 0.591. The van der Waals surface area contributed by atoms with Crippen molar-refractivity contribution in [1.82, 2.24) is 9.80 Å². The Morgan fingerprint density at radius 1 is 1.26 bits per heavy atom. The van der Waals surface area contributed by atoms with Gasteiger partial charge in [-0.15, -0.1) is 0 Å². The van der Waals surface area contributed by atoms with Crippen LogP contribution < -0.4 is 0 Å². The first-order chi connectivity index (χ1) is 9.04. The van der Waals surface area contributed by atoms with Crippen LogP contribution in [0.3, 0.4) is 0 Å². The number of amidine groups is 2. The van der Waals surface area contributed by atoms with Gasteiger partial charge in [-0.25, -0.2) is 14.8 Å². The molecule has 0 bridgehead atoms. The molecule has 0 saturated heterocycles. The summed E-state index contributed by atoms with van der Waals surface area (Å²) < 4.78 is 0. The fourth-order valence-electron chi connectivity index (χ4n) is 1.19. The molecule has 0 saturated carbocycles. The Hall–Kier alpha value is -2.25. The lowest BCUT2D eigenvalue weighted by atomic mass is 10.4. The highest BCUT2D eigenvalue weighted by Crippen LogP contribution is 2.03. The third-order valence-electron chi connectivity index (χ3n) is 2.51. The molecule has 2 aliphatic rings. The van der Waals surface area contributed by atoms with Crippen molar-refractivity contribution in [3.63, 3.8) is 0 Å². The number of hydrogen-bond donors (Lipinski definition) is 1. The second-order valence-electron chi connectivity index (χ2n) is 3.97. The van der Waals surface area contributed by atoms with Gasteiger partial charge in [-0.2, -0.15) is 10.2 Å². The first-order valence-electron chi connectivity index (χ1n) is 5.72. The van der Waals surface area contributed by atoms with Gasteiger partial charge in [0.15, 0.2) is 0 Å². The lowest BCUT2D eigenvalue weighted by molar-refractivity contribution is -0.131. The van der Waals surface area contributed by atoms with Crippen molar-refractivity contribution in [2.24, 2.45) is 20.2 Å². The summed E-state index contributed by atoms with van der Waals surface area (Å²) >= 11 is 0. The number of azo groups is 1. The highest BCUT2D eigenvalue weighted by Gasteiger charge is 2.14. The van der Waals surface area contributed by atoms with Crippen LogP contribution >= 0.6 is 0 Å². The van der Waals surface area contributed by atoms with Crippen molar-refractivity contribution in [1.29, 1.82) is 0 Å². The van der Waals surface area contributed by atoms with Crippen LogP contribution in [0.5, 0.6) is 0 Å². The molecule has 0 atom stereocenters. The average molecular weight is 266 g/mol. The minimum atomic E-state index is -0.981. The van der Waals surface area contributed by atoms with Crippen LogP contribution in [0.25, 0.3) is 0 Å². The Bertz CT molecular complexity index is 399. The molecular weight excluding hydrogens is 248 g/mol. The van der Waals surface area contributed by atoms with Gasteiger partial charge in [0.1, 0.15) is 38.1 Å². The number of carboxylic acids is 1. The lowest BCUT2D eigenvalue weighted by Crippen LogP contribution is -2.39. The molecule has 0 radical (unpaired) electrons. The first kappa shape index (κ1) is 14.8. The molecule has 104 valence electrons. The monoisotopic (exact) mass is 266 g/mol. The van der Waals surface area contributed by atoms with Crippen LogP contribution in [0, 0.1) is 0 Å². The zero-order valence-electron chi connectivity index (χ0n) is 11.2. The molecule has 8 nitrogen and oxygen atoms in total. The van der Waals surface area contributed by atoms with E-state index < -0.39 is 5.97 Å². The summed E-state index contributed by atoms with van der Waals surface area (Å²) in [5.74, 6) is 1.04. The molecule has 2 rings (SSSR count). The molecule has 0 aliphatic carbocycles. The third kappa shape index (κ3) is 4.86. The number of carboxylic acid groups (broad SMARTS) is 1. The Morgan fingerprint density at radius 2 is 1.63 bits per heavy atom. The molecule has 8 heteroatoms. The van der Waals surface area contributed by atoms with Crippen LogP contribution in [0.1, 0.15) is 0 Å². The van der Waals surface area contributed by atoms with Crippen molar-refractivity contribution in [2.75, 3.05) is 40.5 Å². The molecule has 0 aromatic rings. The SMILES string of the molecule is C=CC(=O)O.CN1CN=C1CN=NCC1=NCN1C. The molecular formula is C11H18N6O2. The molecule has 2 aliphatic heterocycles. The van der Waals surface area contributed by atoms with E-state index in [0.29, 0.717) is 13.1 Å². The molecule has 0 aromatic heterocycles. The van der Waals surface area contributed by atoms with Crippen LogP contribution in [-0.4, -0.2) is 73.1 Å². The van der Waals surface area contributed by atoms with Crippen LogP contribution in [0.4, 0.5) is 0 Å². The summed E-state index contributed by atoms with van der Waals surface area (Å²) in [5, 5.41) is 15.7. The van der Waals surface area contributed by atoms with Crippen LogP contribution in [0.2, 0.25) is 0 Å². The second kappa shape index (κ2) is 7.24. The van der Waals surface area contributed by atoms with E-state index in [-0.39, 0.29) is 0 Å². The largest absolute Gasteiger partial charge is 0.478 e. The summed E-state index contributed by atoms with van der Waals surface area (Å²) in [7, 11) is 4.00. The third-order valence-corrected chi connectivity index (χ3v) is 2.51. The van der Waals surface area contributed by atoms with Crippen LogP contribution in [0.15, 0.2) is 32.9 Å². The van der Waals surface area contributed by atoms with Crippen LogP contribution in [-0.2, 0) is 4.79 Å². The standard InChI is InChI=1S/C8H14N6.C3H4O2/c1-13-5-9-7(13)3-11-12-4-8-10-6-14(8)2;1-2-3(4)5/h3-6H2,1-2H3;2H,1H2,(H,4,5). The molecule has 2 heterocycles. The number of likely N-dealkylation sites (N-methyl/N-ethyl adjacent to an activating group) is 2. The highest BCUT2D eigenvalue weighted by atomic mass is 16.4. The van der Waals surface area contributed by atoms with E-state index in [4.69, 9.17) is 5.11 Å². The maximum Gasteiger partial charge on any atom is 0.327 e. The minimum Gasteiger partial charge on any atom is -0.478 e. The zero-order chi connectivity index (χ0) is 14.3. The Balaban J connectivity index is 0.000000312. The quantitative estimate of drug-likeness (QED) is 0.572. The summed E-state index contributed by atoms with van der Waals surface area (Å²) in [5.41, 5.74) is 0. The maximum absolute atomic E-state index is 9.25. The fourth-order valence-corrected chi connectivity index (χ4v) is 1.19. The topological polar surface area (TPSA) is 93.2 Å². The van der Waals surface area contributed by atoms with Crippen molar-refractivity contribution >= 4 is 17.6 Å². The molecule has 19 heavy (non-hydrogen) atoms. The molecule has 0 unspecified atom stereocenters. The van der Waals surface area contributed by atoms with E-state index in [2.05, 4.69) is 36.6 Å². The van der Waals surface area contributed by atoms with Crippen molar-refractivity contribution in [3.8, 4) is 0 Å². The van der Waals surface area contributed by atoms with Gasteiger partial charge in [0.25, 0.3) is 0 Å². The van der Waals surface area contributed by atoms with Crippen molar-refractivity contribution < 1.29 is 9.90 Å². The summed E-state index contributed by atoms with van der Waals surface area (Å²) in [4.78, 5) is 21.7. The Morgan fingerprint density at radius 3 is 1.79 bits per heavy atom. The normalized spacial score (nSPS) is 16.7. The van der Waals surface area contributed by atoms with Gasteiger partial charge < -0.3 is 14.9 Å². The maximum atomic E-state index is 9.25. The van der Waals surface area contributed by atoms with E-state index in [9.17, 15) is 4.79 Å². The molecule has 0 spiro atoms. The van der Waals surface area contributed by atoms with E-state index in [0.717, 1.165) is 31.1 Å².